The van der Waals surface area contributed by atoms with Crippen LogP contribution in [0, 0.1) is 0 Å². The first kappa shape index (κ1) is 26.9. The van der Waals surface area contributed by atoms with E-state index in [9.17, 15) is 22.8 Å². The van der Waals surface area contributed by atoms with Gasteiger partial charge in [0.15, 0.2) is 0 Å². The first-order chi connectivity index (χ1) is 17.7. The molecule has 12 heteroatoms. The maximum Gasteiger partial charge on any atom is 0.413 e. The Balaban J connectivity index is 1.96. The molecular weight excluding hydrogens is 500 g/mol. The molecule has 0 atom stereocenters. The Morgan fingerprint density at radius 2 is 1.51 bits per heavy atom. The molecule has 3 aromatic rings. The zero-order valence-electron chi connectivity index (χ0n) is 19.9. The van der Waals surface area contributed by atoms with E-state index in [4.69, 9.17) is 8.92 Å². The van der Waals surface area contributed by atoms with Gasteiger partial charge in [0.25, 0.3) is 5.91 Å². The van der Waals surface area contributed by atoms with Crippen molar-refractivity contribution in [1.29, 1.82) is 0 Å². The van der Waals surface area contributed by atoms with Gasteiger partial charge in [0.05, 0.1) is 18.0 Å². The van der Waals surface area contributed by atoms with Crippen molar-refractivity contribution in [3.63, 3.8) is 0 Å². The van der Waals surface area contributed by atoms with Crippen molar-refractivity contribution in [2.45, 2.75) is 18.7 Å². The van der Waals surface area contributed by atoms with Crippen LogP contribution in [0.5, 0.6) is 5.75 Å². The van der Waals surface area contributed by atoms with Crippen LogP contribution < -0.4 is 20.1 Å². The fraction of sp³-hybridized carbons (Fsp3) is 0.120. The van der Waals surface area contributed by atoms with Crippen molar-refractivity contribution in [1.82, 2.24) is 5.32 Å². The molecule has 0 fully saturated rings. The van der Waals surface area contributed by atoms with E-state index in [1.165, 1.54) is 37.3 Å². The quantitative estimate of drug-likeness (QED) is 0.240. The molecular formula is C25H24N4O7S. The predicted molar refractivity (Wildman–Crippen MR) is 137 cm³/mol. The number of nitrogens with one attached hydrogen (secondary N) is 3. The highest BCUT2D eigenvalue weighted by Crippen LogP contribution is 2.27. The van der Waals surface area contributed by atoms with Crippen molar-refractivity contribution >= 4 is 45.4 Å². The van der Waals surface area contributed by atoms with E-state index in [1.807, 2.05) is 0 Å². The van der Waals surface area contributed by atoms with Crippen LogP contribution in [0.25, 0.3) is 0 Å². The maximum absolute atomic E-state index is 12.8. The van der Waals surface area contributed by atoms with Gasteiger partial charge >= 0.3 is 16.2 Å². The minimum absolute atomic E-state index is 0.0238. The zero-order chi connectivity index (χ0) is 26.8. The summed E-state index contributed by atoms with van der Waals surface area (Å²) in [6.45, 7) is 2.90. The lowest BCUT2D eigenvalue weighted by Gasteiger charge is -2.16. The lowest BCUT2D eigenvalue weighted by molar-refractivity contribution is -0.114. The van der Waals surface area contributed by atoms with Crippen LogP contribution in [0.4, 0.5) is 16.2 Å². The number of nitrogens with zero attached hydrogens (tertiary/aromatic N) is 1. The molecule has 0 unspecified atom stereocenters. The Labute approximate surface area is 213 Å². The van der Waals surface area contributed by atoms with Crippen molar-refractivity contribution in [3.05, 3.63) is 84.4 Å². The minimum Gasteiger partial charge on any atom is -0.450 e. The third kappa shape index (κ3) is 7.90. The Morgan fingerprint density at radius 1 is 0.865 bits per heavy atom. The number of para-hydroxylation sites is 1. The topological polar surface area (TPSA) is 152 Å². The maximum atomic E-state index is 12.8. The summed E-state index contributed by atoms with van der Waals surface area (Å²) in [6, 6.07) is 19.8. The molecule has 0 heterocycles. The van der Waals surface area contributed by atoms with Gasteiger partial charge in [-0.05, 0) is 49.4 Å². The van der Waals surface area contributed by atoms with Crippen LogP contribution >= 0.6 is 0 Å². The zero-order valence-corrected chi connectivity index (χ0v) is 20.7. The van der Waals surface area contributed by atoms with Gasteiger partial charge in [-0.1, -0.05) is 36.4 Å². The minimum atomic E-state index is -4.25. The van der Waals surface area contributed by atoms with Crippen LogP contribution in [0.2, 0.25) is 0 Å². The number of amides is 3. The molecule has 0 saturated carbocycles. The second-order valence-electron chi connectivity index (χ2n) is 7.34. The molecule has 3 N–H and O–H groups in total. The third-order valence-electron chi connectivity index (χ3n) is 4.52. The SMILES string of the molecule is CCOC(=O)N/C(=N/C(=O)c1ccccc1)Nc1ccc(S(=O)(=O)Oc2ccccc2)cc1NC(C)=O. The second-order valence-corrected chi connectivity index (χ2v) is 8.89. The lowest BCUT2D eigenvalue weighted by Crippen LogP contribution is -2.37. The van der Waals surface area contributed by atoms with Crippen LogP contribution in [-0.4, -0.2) is 38.9 Å². The molecule has 0 aromatic heterocycles. The number of aliphatic imine (C=N–C) groups is 1. The van der Waals surface area contributed by atoms with Crippen molar-refractivity contribution in [2.24, 2.45) is 4.99 Å². The molecule has 0 aliphatic carbocycles. The molecule has 3 aromatic carbocycles. The molecule has 11 nitrogen and oxygen atoms in total. The van der Waals surface area contributed by atoms with E-state index in [0.29, 0.717) is 0 Å². The number of carbonyl (C=O) groups is 3. The third-order valence-corrected chi connectivity index (χ3v) is 5.77. The summed E-state index contributed by atoms with van der Waals surface area (Å²) in [4.78, 5) is 40.2. The fourth-order valence-corrected chi connectivity index (χ4v) is 3.91. The number of carbonyl (C=O) groups excluding carboxylic acids is 3. The van der Waals surface area contributed by atoms with E-state index >= 15 is 0 Å². The van der Waals surface area contributed by atoms with Gasteiger partial charge in [-0.25, -0.2) is 4.79 Å². The summed E-state index contributed by atoms with van der Waals surface area (Å²) in [6.07, 6.45) is -0.883. The van der Waals surface area contributed by atoms with Gasteiger partial charge in [-0.2, -0.15) is 13.4 Å². The molecule has 0 bridgehead atoms. The van der Waals surface area contributed by atoms with Crippen molar-refractivity contribution < 1.29 is 31.7 Å². The summed E-state index contributed by atoms with van der Waals surface area (Å²) in [5, 5.41) is 7.58. The lowest BCUT2D eigenvalue weighted by atomic mass is 10.2. The monoisotopic (exact) mass is 524 g/mol. The molecule has 0 radical (unpaired) electrons. The Hall–Kier alpha value is -4.71. The van der Waals surface area contributed by atoms with Gasteiger partial charge in [0.2, 0.25) is 11.9 Å². The smallest absolute Gasteiger partial charge is 0.413 e. The molecule has 0 spiro atoms. The average Bonchev–Trinajstić information content (AvgIpc) is 2.85. The van der Waals surface area contributed by atoms with Gasteiger partial charge in [-0.3, -0.25) is 14.9 Å². The molecule has 0 saturated heterocycles. The van der Waals surface area contributed by atoms with Crippen molar-refractivity contribution in [3.8, 4) is 5.75 Å². The summed E-state index contributed by atoms with van der Waals surface area (Å²) < 4.78 is 35.6. The Bertz CT molecular complexity index is 1410. The Kier molecular flexibility index (Phi) is 8.95. The van der Waals surface area contributed by atoms with Crippen LogP contribution in [0.1, 0.15) is 24.2 Å². The number of guanidine groups is 1. The summed E-state index contributed by atoms with van der Waals surface area (Å²) in [5.41, 5.74) is 0.412. The van der Waals surface area contributed by atoms with Gasteiger partial charge in [0, 0.05) is 12.5 Å². The molecule has 3 amide bonds. The van der Waals surface area contributed by atoms with E-state index in [0.717, 1.165) is 0 Å². The highest BCUT2D eigenvalue weighted by molar-refractivity contribution is 7.87. The van der Waals surface area contributed by atoms with Crippen LogP contribution in [0.3, 0.4) is 0 Å². The largest absolute Gasteiger partial charge is 0.450 e. The van der Waals surface area contributed by atoms with Gasteiger partial charge in [-0.15, -0.1) is 0 Å². The highest BCUT2D eigenvalue weighted by Gasteiger charge is 2.20. The van der Waals surface area contributed by atoms with E-state index in [1.54, 1.807) is 55.5 Å². The molecule has 0 aliphatic rings. The summed E-state index contributed by atoms with van der Waals surface area (Å²) >= 11 is 0. The number of benzene rings is 3. The fourth-order valence-electron chi connectivity index (χ4n) is 2.96. The highest BCUT2D eigenvalue weighted by atomic mass is 32.2. The normalized spacial score (nSPS) is 11.2. The summed E-state index contributed by atoms with van der Waals surface area (Å²) in [5.74, 6) is -1.37. The van der Waals surface area contributed by atoms with E-state index in [2.05, 4.69) is 20.9 Å². The summed E-state index contributed by atoms with van der Waals surface area (Å²) in [7, 11) is -4.25. The standard InChI is InChI=1S/C25H24N4O7S/c1-3-35-25(32)29-24(28-23(31)18-10-6-4-7-11-18)27-21-15-14-20(16-22(21)26-17(2)30)37(33,34)36-19-12-8-5-9-13-19/h4-16H,3H2,1-2H3,(H,26,30)(H2,27,28,29,31,32). The van der Waals surface area contributed by atoms with Gasteiger partial charge in [0.1, 0.15) is 10.6 Å². The average molecular weight is 525 g/mol. The first-order valence-corrected chi connectivity index (χ1v) is 12.4. The number of alkyl carbamates (subject to hydrolysis) is 1. The number of hydrogen-bond acceptors (Lipinski definition) is 7. The van der Waals surface area contributed by atoms with E-state index in [-0.39, 0.29) is 40.1 Å². The molecule has 192 valence electrons. The molecule has 3 rings (SSSR count). The van der Waals surface area contributed by atoms with E-state index < -0.39 is 28.0 Å². The predicted octanol–water partition coefficient (Wildman–Crippen LogP) is 3.77. The number of ether oxygens (including phenoxy) is 1. The van der Waals surface area contributed by atoms with Gasteiger partial charge < -0.3 is 19.6 Å². The van der Waals surface area contributed by atoms with Crippen LogP contribution in [0.15, 0.2) is 88.8 Å². The Morgan fingerprint density at radius 3 is 2.14 bits per heavy atom. The van der Waals surface area contributed by atoms with Crippen molar-refractivity contribution in [2.75, 3.05) is 17.2 Å². The number of hydrogen-bond donors (Lipinski definition) is 3. The van der Waals surface area contributed by atoms with Crippen LogP contribution in [-0.2, 0) is 19.6 Å². The number of anilines is 2. The molecule has 37 heavy (non-hydrogen) atoms. The second kappa shape index (κ2) is 12.3. The first-order valence-electron chi connectivity index (χ1n) is 11.0. The molecule has 0 aliphatic heterocycles. The number of rotatable bonds is 7.